The van der Waals surface area contributed by atoms with Crippen LogP contribution in [0, 0.1) is 6.92 Å². The first kappa shape index (κ1) is 19.0. The van der Waals surface area contributed by atoms with Gasteiger partial charge in [0.05, 0.1) is 23.6 Å². The molecule has 0 saturated carbocycles. The molecular weight excluding hydrogens is 359 g/mol. The van der Waals surface area contributed by atoms with Gasteiger partial charge >= 0.3 is 6.18 Å². The van der Waals surface area contributed by atoms with E-state index in [1.807, 2.05) is 13.8 Å². The molecule has 3 rings (SSSR count). The molecule has 1 aromatic carbocycles. The predicted molar refractivity (Wildman–Crippen MR) is 96.0 cm³/mol. The summed E-state index contributed by atoms with van der Waals surface area (Å²) in [6.07, 6.45) is -4.64. The lowest BCUT2D eigenvalue weighted by atomic mass is 10.1. The molecule has 144 valence electrons. The number of aromatic nitrogens is 3. The monoisotopic (exact) mass is 379 g/mol. The molecule has 0 spiro atoms. The molecule has 3 aromatic rings. The van der Waals surface area contributed by atoms with Crippen molar-refractivity contribution in [3.8, 4) is 5.75 Å². The second kappa shape index (κ2) is 6.75. The third kappa shape index (κ3) is 3.70. The minimum absolute atomic E-state index is 0.0119. The Kier molecular flexibility index (Phi) is 4.75. The highest BCUT2D eigenvalue weighted by Gasteiger charge is 2.36. The SMILES string of the molecule is Cc1cc(C(F)(F)F)c2c(=O)n(Cc3cccc(OC(C)C)c3)n(C)c2n1. The van der Waals surface area contributed by atoms with Crippen molar-refractivity contribution < 1.29 is 17.9 Å². The third-order valence-corrected chi connectivity index (χ3v) is 4.15. The molecule has 2 heterocycles. The molecule has 0 radical (unpaired) electrons. The van der Waals surface area contributed by atoms with Crippen LogP contribution in [0.5, 0.6) is 5.75 Å². The van der Waals surface area contributed by atoms with Gasteiger partial charge in [0.1, 0.15) is 5.75 Å². The number of rotatable bonds is 4. The summed E-state index contributed by atoms with van der Waals surface area (Å²) in [5, 5.41) is -0.412. The number of ether oxygens (including phenoxy) is 1. The van der Waals surface area contributed by atoms with Crippen LogP contribution in [0.15, 0.2) is 35.1 Å². The van der Waals surface area contributed by atoms with E-state index in [4.69, 9.17) is 4.74 Å². The Morgan fingerprint density at radius 3 is 2.56 bits per heavy atom. The van der Waals surface area contributed by atoms with Gasteiger partial charge in [-0.3, -0.25) is 9.48 Å². The quantitative estimate of drug-likeness (QED) is 0.691. The first-order chi connectivity index (χ1) is 12.6. The van der Waals surface area contributed by atoms with Crippen LogP contribution >= 0.6 is 0 Å². The molecule has 0 unspecified atom stereocenters. The van der Waals surface area contributed by atoms with E-state index in [2.05, 4.69) is 4.98 Å². The lowest BCUT2D eigenvalue weighted by Crippen LogP contribution is -2.23. The van der Waals surface area contributed by atoms with E-state index in [9.17, 15) is 18.0 Å². The second-order valence-corrected chi connectivity index (χ2v) is 6.71. The lowest BCUT2D eigenvalue weighted by molar-refractivity contribution is -0.136. The van der Waals surface area contributed by atoms with Gasteiger partial charge in [-0.2, -0.15) is 13.2 Å². The zero-order chi connectivity index (χ0) is 19.9. The van der Waals surface area contributed by atoms with Crippen molar-refractivity contribution in [3.63, 3.8) is 0 Å². The molecule has 27 heavy (non-hydrogen) atoms. The van der Waals surface area contributed by atoms with Crippen molar-refractivity contribution in [2.75, 3.05) is 0 Å². The van der Waals surface area contributed by atoms with E-state index in [-0.39, 0.29) is 24.0 Å². The number of benzene rings is 1. The van der Waals surface area contributed by atoms with Crippen molar-refractivity contribution in [2.45, 2.75) is 39.6 Å². The Labute approximate surface area is 154 Å². The maximum atomic E-state index is 13.4. The summed E-state index contributed by atoms with van der Waals surface area (Å²) in [5.74, 6) is 0.638. The molecule has 0 bridgehead atoms. The molecule has 0 aliphatic rings. The Hall–Kier alpha value is -2.77. The Morgan fingerprint density at radius 1 is 1.22 bits per heavy atom. The fourth-order valence-electron chi connectivity index (χ4n) is 3.05. The number of halogens is 3. The summed E-state index contributed by atoms with van der Waals surface area (Å²) >= 11 is 0. The summed E-state index contributed by atoms with van der Waals surface area (Å²) < 4.78 is 48.5. The Balaban J connectivity index is 2.13. The summed E-state index contributed by atoms with van der Waals surface area (Å²) in [6, 6.07) is 8.05. The smallest absolute Gasteiger partial charge is 0.417 e. The van der Waals surface area contributed by atoms with Crippen LogP contribution in [-0.2, 0) is 19.8 Å². The van der Waals surface area contributed by atoms with Crippen LogP contribution in [0.3, 0.4) is 0 Å². The van der Waals surface area contributed by atoms with Gasteiger partial charge in [-0.1, -0.05) is 12.1 Å². The summed E-state index contributed by atoms with van der Waals surface area (Å²) in [5.41, 5.74) is -0.716. The minimum atomic E-state index is -4.63. The maximum Gasteiger partial charge on any atom is 0.417 e. The number of hydrogen-bond donors (Lipinski definition) is 0. The third-order valence-electron chi connectivity index (χ3n) is 4.15. The van der Waals surface area contributed by atoms with Gasteiger partial charge in [0.15, 0.2) is 5.65 Å². The zero-order valence-electron chi connectivity index (χ0n) is 15.5. The summed E-state index contributed by atoms with van der Waals surface area (Å²) in [7, 11) is 1.53. The van der Waals surface area contributed by atoms with Crippen molar-refractivity contribution >= 4 is 11.0 Å². The highest BCUT2D eigenvalue weighted by molar-refractivity contribution is 5.79. The second-order valence-electron chi connectivity index (χ2n) is 6.71. The van der Waals surface area contributed by atoms with Gasteiger partial charge in [0.25, 0.3) is 5.56 Å². The van der Waals surface area contributed by atoms with E-state index in [0.717, 1.165) is 11.6 Å². The molecule has 8 heteroatoms. The Morgan fingerprint density at radius 2 is 1.93 bits per heavy atom. The molecule has 0 amide bonds. The van der Waals surface area contributed by atoms with Crippen LogP contribution in [-0.4, -0.2) is 20.5 Å². The van der Waals surface area contributed by atoms with E-state index in [1.54, 1.807) is 24.3 Å². The fraction of sp³-hybridized carbons (Fsp3) is 0.368. The molecule has 0 saturated heterocycles. The average Bonchev–Trinajstić information content (AvgIpc) is 2.78. The van der Waals surface area contributed by atoms with Crippen molar-refractivity contribution in [2.24, 2.45) is 7.05 Å². The molecular formula is C19H20F3N3O2. The minimum Gasteiger partial charge on any atom is -0.491 e. The average molecular weight is 379 g/mol. The highest BCUT2D eigenvalue weighted by Crippen LogP contribution is 2.33. The van der Waals surface area contributed by atoms with E-state index >= 15 is 0 Å². The molecule has 5 nitrogen and oxygen atoms in total. The standard InChI is InChI=1S/C19H20F3N3O2/c1-11(2)27-14-7-5-6-13(9-14)10-25-18(26)16-15(19(20,21)22)8-12(3)23-17(16)24(25)4/h5-9,11H,10H2,1-4H3. The molecule has 0 aliphatic heterocycles. The fourth-order valence-corrected chi connectivity index (χ4v) is 3.05. The number of nitrogens with zero attached hydrogens (tertiary/aromatic N) is 3. The number of aryl methyl sites for hydroxylation is 2. The van der Waals surface area contributed by atoms with E-state index in [0.29, 0.717) is 5.75 Å². The topological polar surface area (TPSA) is 49.0 Å². The number of alkyl halides is 3. The highest BCUT2D eigenvalue weighted by atomic mass is 19.4. The van der Waals surface area contributed by atoms with E-state index in [1.165, 1.54) is 23.3 Å². The van der Waals surface area contributed by atoms with Gasteiger partial charge < -0.3 is 4.74 Å². The van der Waals surface area contributed by atoms with Crippen molar-refractivity contribution in [1.29, 1.82) is 0 Å². The molecule has 0 fully saturated rings. The first-order valence-corrected chi connectivity index (χ1v) is 8.48. The predicted octanol–water partition coefficient (Wildman–Crippen LogP) is 3.90. The van der Waals surface area contributed by atoms with Crippen LogP contribution in [0.2, 0.25) is 0 Å². The van der Waals surface area contributed by atoms with Gasteiger partial charge in [0.2, 0.25) is 0 Å². The summed E-state index contributed by atoms with van der Waals surface area (Å²) in [6.45, 7) is 5.38. The van der Waals surface area contributed by atoms with Crippen LogP contribution < -0.4 is 10.3 Å². The van der Waals surface area contributed by atoms with Gasteiger partial charge in [-0.25, -0.2) is 9.67 Å². The largest absolute Gasteiger partial charge is 0.491 e. The normalized spacial score (nSPS) is 12.1. The van der Waals surface area contributed by atoms with Crippen LogP contribution in [0.4, 0.5) is 13.2 Å². The number of fused-ring (bicyclic) bond motifs is 1. The van der Waals surface area contributed by atoms with Crippen molar-refractivity contribution in [1.82, 2.24) is 14.3 Å². The number of hydrogen-bond acceptors (Lipinski definition) is 3. The molecule has 2 aromatic heterocycles. The molecule has 0 aliphatic carbocycles. The van der Waals surface area contributed by atoms with Crippen LogP contribution in [0.1, 0.15) is 30.7 Å². The molecule has 0 N–H and O–H groups in total. The summed E-state index contributed by atoms with van der Waals surface area (Å²) in [4.78, 5) is 16.9. The first-order valence-electron chi connectivity index (χ1n) is 8.48. The molecule has 0 atom stereocenters. The maximum absolute atomic E-state index is 13.4. The number of pyridine rings is 1. The Bertz CT molecular complexity index is 1050. The van der Waals surface area contributed by atoms with Gasteiger partial charge in [0, 0.05) is 12.7 Å². The van der Waals surface area contributed by atoms with Crippen LogP contribution in [0.25, 0.3) is 11.0 Å². The van der Waals surface area contributed by atoms with Crippen molar-refractivity contribution in [3.05, 3.63) is 57.5 Å². The van der Waals surface area contributed by atoms with Gasteiger partial charge in [-0.05, 0) is 44.5 Å². The lowest BCUT2D eigenvalue weighted by Gasteiger charge is -2.12. The zero-order valence-corrected chi connectivity index (χ0v) is 15.5. The van der Waals surface area contributed by atoms with E-state index < -0.39 is 22.7 Å². The van der Waals surface area contributed by atoms with Gasteiger partial charge in [-0.15, -0.1) is 0 Å².